The molecular weight excluding hydrogens is 430 g/mol. The highest BCUT2D eigenvalue weighted by Gasteiger charge is 2.15. The fourth-order valence-electron chi connectivity index (χ4n) is 3.34. The van der Waals surface area contributed by atoms with Gasteiger partial charge in [0.25, 0.3) is 5.91 Å². The molecule has 8 heteroatoms. The first-order valence-corrected chi connectivity index (χ1v) is 10.2. The summed E-state index contributed by atoms with van der Waals surface area (Å²) in [5, 5.41) is 9.00. The minimum absolute atomic E-state index is 0.0237. The van der Waals surface area contributed by atoms with Crippen molar-refractivity contribution in [2.45, 2.75) is 13.3 Å². The van der Waals surface area contributed by atoms with Gasteiger partial charge in [0.2, 0.25) is 5.91 Å². The summed E-state index contributed by atoms with van der Waals surface area (Å²) in [5.74, 6) is -0.251. The number of benzene rings is 3. The smallest absolute Gasteiger partial charge is 0.272 e. The summed E-state index contributed by atoms with van der Waals surface area (Å²) in [4.78, 5) is 24.8. The molecule has 0 unspecified atom stereocenters. The molecular formula is C24H20ClN3O4. The van der Waals surface area contributed by atoms with E-state index in [0.29, 0.717) is 33.3 Å². The molecule has 162 valence electrons. The Morgan fingerprint density at radius 3 is 2.56 bits per heavy atom. The highest BCUT2D eigenvalue weighted by Crippen LogP contribution is 2.36. The van der Waals surface area contributed by atoms with Crippen LogP contribution in [0.15, 0.2) is 70.2 Å². The maximum atomic E-state index is 12.6. The fourth-order valence-corrected chi connectivity index (χ4v) is 3.56. The number of hydrogen-bond donors (Lipinski definition) is 2. The maximum Gasteiger partial charge on any atom is 0.272 e. The minimum atomic E-state index is -0.452. The number of hydrazone groups is 1. The summed E-state index contributed by atoms with van der Waals surface area (Å²) in [5.41, 5.74) is 5.02. The van der Waals surface area contributed by atoms with Crippen molar-refractivity contribution in [3.05, 3.63) is 71.2 Å². The molecule has 4 aromatic rings. The van der Waals surface area contributed by atoms with Crippen LogP contribution in [0.4, 0.5) is 5.69 Å². The Bertz CT molecular complexity index is 1360. The molecule has 3 aromatic carbocycles. The first-order valence-electron chi connectivity index (χ1n) is 9.83. The molecule has 0 fully saturated rings. The van der Waals surface area contributed by atoms with Crippen molar-refractivity contribution < 1.29 is 18.7 Å². The van der Waals surface area contributed by atoms with E-state index in [1.807, 2.05) is 30.3 Å². The third-order valence-electron chi connectivity index (χ3n) is 4.86. The molecule has 0 aliphatic heterocycles. The van der Waals surface area contributed by atoms with E-state index in [0.717, 1.165) is 16.4 Å². The summed E-state index contributed by atoms with van der Waals surface area (Å²) in [6.45, 7) is 1.64. The van der Waals surface area contributed by atoms with E-state index in [-0.39, 0.29) is 12.3 Å². The number of halogens is 1. The topological polar surface area (TPSA) is 92.9 Å². The zero-order chi connectivity index (χ0) is 22.7. The predicted molar refractivity (Wildman–Crippen MR) is 126 cm³/mol. The molecule has 2 N–H and O–H groups in total. The monoisotopic (exact) mass is 449 g/mol. The molecule has 0 radical (unpaired) electrons. The van der Waals surface area contributed by atoms with Crippen LogP contribution in [0.5, 0.6) is 5.75 Å². The summed E-state index contributed by atoms with van der Waals surface area (Å²) in [6, 6.07) is 17.9. The maximum absolute atomic E-state index is 12.6. The lowest BCUT2D eigenvalue weighted by atomic mass is 10.1. The quantitative estimate of drug-likeness (QED) is 0.305. The summed E-state index contributed by atoms with van der Waals surface area (Å²) in [6.07, 6.45) is -0.0237. The number of para-hydroxylation sites is 1. The number of furan rings is 1. The first kappa shape index (κ1) is 21.4. The average Bonchev–Trinajstić information content (AvgIpc) is 3.14. The second-order valence-corrected chi connectivity index (χ2v) is 7.55. The van der Waals surface area contributed by atoms with Crippen LogP contribution in [0.1, 0.15) is 23.7 Å². The molecule has 1 heterocycles. The highest BCUT2D eigenvalue weighted by atomic mass is 35.5. The van der Waals surface area contributed by atoms with Crippen LogP contribution in [0, 0.1) is 0 Å². The molecule has 0 bridgehead atoms. The van der Waals surface area contributed by atoms with Gasteiger partial charge in [-0.1, -0.05) is 41.9 Å². The van der Waals surface area contributed by atoms with Crippen molar-refractivity contribution >= 4 is 56.8 Å². The fraction of sp³-hybridized carbons (Fsp3) is 0.125. The Morgan fingerprint density at radius 1 is 1.03 bits per heavy atom. The van der Waals surface area contributed by atoms with Crippen molar-refractivity contribution in [2.75, 3.05) is 12.4 Å². The SMILES string of the molecule is COc1cc2c(cc1NC(=O)C/C(C)=N/NC(=O)c1ccccc1Cl)oc1ccccc12. The van der Waals surface area contributed by atoms with Gasteiger partial charge in [0.05, 0.1) is 29.8 Å². The van der Waals surface area contributed by atoms with Crippen LogP contribution in [0.25, 0.3) is 21.9 Å². The Morgan fingerprint density at radius 2 is 1.78 bits per heavy atom. The van der Waals surface area contributed by atoms with E-state index < -0.39 is 5.91 Å². The number of nitrogens with one attached hydrogen (secondary N) is 2. The zero-order valence-corrected chi connectivity index (χ0v) is 18.2. The summed E-state index contributed by atoms with van der Waals surface area (Å²) in [7, 11) is 1.54. The van der Waals surface area contributed by atoms with Gasteiger partial charge in [0.1, 0.15) is 16.9 Å². The molecule has 0 spiro atoms. The van der Waals surface area contributed by atoms with Gasteiger partial charge in [-0.3, -0.25) is 9.59 Å². The molecule has 7 nitrogen and oxygen atoms in total. The van der Waals surface area contributed by atoms with E-state index in [1.54, 1.807) is 37.3 Å². The lowest BCUT2D eigenvalue weighted by molar-refractivity contribution is -0.115. The van der Waals surface area contributed by atoms with E-state index in [4.69, 9.17) is 20.8 Å². The molecule has 0 aliphatic carbocycles. The Balaban J connectivity index is 1.47. The summed E-state index contributed by atoms with van der Waals surface area (Å²) >= 11 is 6.01. The van der Waals surface area contributed by atoms with Gasteiger partial charge in [-0.2, -0.15) is 5.10 Å². The van der Waals surface area contributed by atoms with Crippen LogP contribution in [0.3, 0.4) is 0 Å². The average molecular weight is 450 g/mol. The minimum Gasteiger partial charge on any atom is -0.495 e. The number of methoxy groups -OCH3 is 1. The Hall–Kier alpha value is -3.84. The zero-order valence-electron chi connectivity index (χ0n) is 17.4. The molecule has 0 saturated heterocycles. The molecule has 0 aliphatic rings. The van der Waals surface area contributed by atoms with Crippen LogP contribution in [-0.2, 0) is 4.79 Å². The van der Waals surface area contributed by atoms with Gasteiger partial charge in [-0.05, 0) is 31.2 Å². The number of rotatable bonds is 6. The number of carbonyl (C=O) groups is 2. The number of amides is 2. The van der Waals surface area contributed by atoms with Gasteiger partial charge in [-0.25, -0.2) is 5.43 Å². The number of ether oxygens (including phenoxy) is 1. The molecule has 0 saturated carbocycles. The second-order valence-electron chi connectivity index (χ2n) is 7.14. The first-order chi connectivity index (χ1) is 15.5. The van der Waals surface area contributed by atoms with Crippen molar-refractivity contribution in [2.24, 2.45) is 5.10 Å². The van der Waals surface area contributed by atoms with Gasteiger partial charge in [-0.15, -0.1) is 0 Å². The number of anilines is 1. The van der Waals surface area contributed by atoms with Crippen LogP contribution in [0.2, 0.25) is 5.02 Å². The predicted octanol–water partition coefficient (Wildman–Crippen LogP) is 5.38. The molecule has 1 aromatic heterocycles. The number of carbonyl (C=O) groups excluding carboxylic acids is 2. The molecule has 4 rings (SSSR count). The highest BCUT2D eigenvalue weighted by molar-refractivity contribution is 6.33. The number of nitrogens with zero attached hydrogens (tertiary/aromatic N) is 1. The Labute approximate surface area is 189 Å². The van der Waals surface area contributed by atoms with E-state index in [9.17, 15) is 9.59 Å². The van der Waals surface area contributed by atoms with Gasteiger partial charge in [0, 0.05) is 22.6 Å². The van der Waals surface area contributed by atoms with E-state index in [2.05, 4.69) is 15.8 Å². The van der Waals surface area contributed by atoms with Gasteiger partial charge >= 0.3 is 0 Å². The standard InChI is InChI=1S/C24H20ClN3O4/c1-14(27-28-24(30)16-8-3-5-9-18(16)25)11-23(29)26-19-13-21-17(12-22(19)31-2)15-7-4-6-10-20(15)32-21/h3-10,12-13H,11H2,1-2H3,(H,26,29)(H,28,30)/b27-14+. The Kier molecular flexibility index (Phi) is 6.09. The van der Waals surface area contributed by atoms with E-state index >= 15 is 0 Å². The van der Waals surface area contributed by atoms with Crippen molar-refractivity contribution in [1.29, 1.82) is 0 Å². The second kappa shape index (κ2) is 9.11. The molecule has 2 amide bonds. The van der Waals surface area contributed by atoms with Crippen molar-refractivity contribution in [3.8, 4) is 5.75 Å². The molecule has 0 atom stereocenters. The largest absolute Gasteiger partial charge is 0.495 e. The third-order valence-corrected chi connectivity index (χ3v) is 5.19. The van der Waals surface area contributed by atoms with Crippen LogP contribution >= 0.6 is 11.6 Å². The summed E-state index contributed by atoms with van der Waals surface area (Å²) < 4.78 is 11.3. The van der Waals surface area contributed by atoms with Gasteiger partial charge in [0.15, 0.2) is 0 Å². The van der Waals surface area contributed by atoms with Crippen LogP contribution in [-0.4, -0.2) is 24.6 Å². The van der Waals surface area contributed by atoms with Crippen LogP contribution < -0.4 is 15.5 Å². The lowest BCUT2D eigenvalue weighted by Crippen LogP contribution is -2.21. The molecule has 32 heavy (non-hydrogen) atoms. The number of hydrogen-bond acceptors (Lipinski definition) is 5. The van der Waals surface area contributed by atoms with Gasteiger partial charge < -0.3 is 14.5 Å². The lowest BCUT2D eigenvalue weighted by Gasteiger charge is -2.10. The normalized spacial score (nSPS) is 11.5. The van der Waals surface area contributed by atoms with E-state index in [1.165, 1.54) is 7.11 Å². The number of fused-ring (bicyclic) bond motifs is 3. The third kappa shape index (κ3) is 4.43. The van der Waals surface area contributed by atoms with Crippen molar-refractivity contribution in [1.82, 2.24) is 5.43 Å². The van der Waals surface area contributed by atoms with Crippen molar-refractivity contribution in [3.63, 3.8) is 0 Å².